The first-order valence-corrected chi connectivity index (χ1v) is 6.75. The highest BCUT2D eigenvalue weighted by Crippen LogP contribution is 2.15. The number of para-hydroxylation sites is 1. The third-order valence-electron chi connectivity index (χ3n) is 3.42. The Hall–Kier alpha value is -2.75. The Labute approximate surface area is 123 Å². The highest BCUT2D eigenvalue weighted by molar-refractivity contribution is 5.91. The Kier molecular flexibility index (Phi) is 3.60. The minimum Gasteiger partial charge on any atom is -0.497 e. The van der Waals surface area contributed by atoms with Crippen molar-refractivity contribution in [3.63, 3.8) is 0 Å². The van der Waals surface area contributed by atoms with Crippen LogP contribution in [0.2, 0.25) is 0 Å². The van der Waals surface area contributed by atoms with Gasteiger partial charge in [-0.05, 0) is 29.8 Å². The second-order valence-electron chi connectivity index (χ2n) is 4.75. The van der Waals surface area contributed by atoms with E-state index in [2.05, 4.69) is 5.32 Å². The van der Waals surface area contributed by atoms with Crippen LogP contribution in [0.1, 0.15) is 5.56 Å². The molecule has 3 aromatic rings. The first-order valence-electron chi connectivity index (χ1n) is 6.75. The average Bonchev–Trinajstić information content (AvgIpc) is 2.97. The van der Waals surface area contributed by atoms with Crippen LogP contribution in [0.25, 0.3) is 10.9 Å². The van der Waals surface area contributed by atoms with Crippen LogP contribution in [0.3, 0.4) is 0 Å². The number of ether oxygens (including phenoxy) is 1. The molecule has 2 aromatic carbocycles. The summed E-state index contributed by atoms with van der Waals surface area (Å²) in [6.07, 6.45) is 1.79. The third kappa shape index (κ3) is 2.74. The molecule has 0 aliphatic heterocycles. The summed E-state index contributed by atoms with van der Waals surface area (Å²) in [7, 11) is 1.63. The largest absolute Gasteiger partial charge is 0.497 e. The molecule has 0 unspecified atom stereocenters. The molecule has 106 valence electrons. The van der Waals surface area contributed by atoms with Crippen LogP contribution in [0.15, 0.2) is 60.8 Å². The van der Waals surface area contributed by atoms with Gasteiger partial charge in [-0.3, -0.25) is 4.57 Å². The molecule has 0 radical (unpaired) electrons. The zero-order valence-corrected chi connectivity index (χ0v) is 11.7. The van der Waals surface area contributed by atoms with Gasteiger partial charge in [-0.15, -0.1) is 0 Å². The third-order valence-corrected chi connectivity index (χ3v) is 3.42. The van der Waals surface area contributed by atoms with E-state index in [9.17, 15) is 4.79 Å². The summed E-state index contributed by atoms with van der Waals surface area (Å²) in [5.41, 5.74) is 1.94. The lowest BCUT2D eigenvalue weighted by molar-refractivity contribution is 0.243. The molecule has 0 spiro atoms. The Balaban J connectivity index is 1.71. The smallest absolute Gasteiger partial charge is 0.326 e. The molecule has 1 aromatic heterocycles. The number of amides is 1. The molecule has 3 rings (SSSR count). The minimum atomic E-state index is -0.132. The summed E-state index contributed by atoms with van der Waals surface area (Å²) >= 11 is 0. The molecular formula is C17H16N2O2. The van der Waals surface area contributed by atoms with E-state index in [0.29, 0.717) is 6.54 Å². The van der Waals surface area contributed by atoms with Crippen molar-refractivity contribution in [2.75, 3.05) is 7.11 Å². The fourth-order valence-electron chi connectivity index (χ4n) is 2.27. The maximum absolute atomic E-state index is 12.2. The summed E-state index contributed by atoms with van der Waals surface area (Å²) in [6, 6.07) is 17.2. The van der Waals surface area contributed by atoms with Crippen LogP contribution in [0, 0.1) is 0 Å². The van der Waals surface area contributed by atoms with Gasteiger partial charge in [0.05, 0.1) is 12.6 Å². The first-order chi connectivity index (χ1) is 10.3. The lowest BCUT2D eigenvalue weighted by Gasteiger charge is -2.08. The normalized spacial score (nSPS) is 10.5. The topological polar surface area (TPSA) is 43.3 Å². The fourth-order valence-corrected chi connectivity index (χ4v) is 2.27. The van der Waals surface area contributed by atoms with Crippen molar-refractivity contribution >= 4 is 16.9 Å². The quantitative estimate of drug-likeness (QED) is 0.799. The van der Waals surface area contributed by atoms with Crippen LogP contribution in [0.4, 0.5) is 4.79 Å². The molecule has 21 heavy (non-hydrogen) atoms. The minimum absolute atomic E-state index is 0.132. The predicted molar refractivity (Wildman–Crippen MR) is 82.6 cm³/mol. The van der Waals surface area contributed by atoms with E-state index >= 15 is 0 Å². The van der Waals surface area contributed by atoms with Gasteiger partial charge in [0, 0.05) is 18.1 Å². The molecule has 0 aliphatic rings. The molecule has 0 saturated heterocycles. The lowest BCUT2D eigenvalue weighted by atomic mass is 10.2. The summed E-state index contributed by atoms with van der Waals surface area (Å²) in [5.74, 6) is 0.807. The Morgan fingerprint density at radius 2 is 1.86 bits per heavy atom. The molecule has 4 heteroatoms. The highest BCUT2D eigenvalue weighted by Gasteiger charge is 2.07. The molecule has 4 nitrogen and oxygen atoms in total. The number of nitrogens with zero attached hydrogens (tertiary/aromatic N) is 1. The molecule has 0 bridgehead atoms. The van der Waals surface area contributed by atoms with Crippen LogP contribution in [0.5, 0.6) is 5.75 Å². The van der Waals surface area contributed by atoms with Gasteiger partial charge in [0.2, 0.25) is 0 Å². The van der Waals surface area contributed by atoms with Crippen LogP contribution < -0.4 is 10.1 Å². The van der Waals surface area contributed by atoms with Crippen molar-refractivity contribution < 1.29 is 9.53 Å². The van der Waals surface area contributed by atoms with Crippen molar-refractivity contribution in [1.82, 2.24) is 9.88 Å². The van der Waals surface area contributed by atoms with E-state index < -0.39 is 0 Å². The number of rotatable bonds is 3. The molecular weight excluding hydrogens is 264 g/mol. The second kappa shape index (κ2) is 5.71. The van der Waals surface area contributed by atoms with Crippen LogP contribution in [-0.4, -0.2) is 17.7 Å². The number of benzene rings is 2. The van der Waals surface area contributed by atoms with Crippen LogP contribution in [-0.2, 0) is 6.54 Å². The molecule has 0 atom stereocenters. The van der Waals surface area contributed by atoms with Gasteiger partial charge in [0.15, 0.2) is 0 Å². The number of carbonyl (C=O) groups excluding carboxylic acids is 1. The van der Waals surface area contributed by atoms with E-state index in [1.165, 1.54) is 0 Å². The zero-order chi connectivity index (χ0) is 14.7. The summed E-state index contributed by atoms with van der Waals surface area (Å²) in [4.78, 5) is 12.2. The van der Waals surface area contributed by atoms with Crippen molar-refractivity contribution in [1.29, 1.82) is 0 Å². The van der Waals surface area contributed by atoms with Crippen molar-refractivity contribution in [2.45, 2.75) is 6.54 Å². The Morgan fingerprint density at radius 1 is 1.10 bits per heavy atom. The monoisotopic (exact) mass is 280 g/mol. The van der Waals surface area contributed by atoms with Gasteiger partial charge in [-0.1, -0.05) is 30.3 Å². The van der Waals surface area contributed by atoms with Gasteiger partial charge >= 0.3 is 6.03 Å². The molecule has 0 aliphatic carbocycles. The predicted octanol–water partition coefficient (Wildman–Crippen LogP) is 3.41. The number of fused-ring (bicyclic) bond motifs is 1. The number of methoxy groups -OCH3 is 1. The molecule has 0 fully saturated rings. The molecule has 0 saturated carbocycles. The van der Waals surface area contributed by atoms with Gasteiger partial charge in [-0.2, -0.15) is 0 Å². The fraction of sp³-hybridized carbons (Fsp3) is 0.118. The van der Waals surface area contributed by atoms with Crippen molar-refractivity contribution in [3.8, 4) is 5.75 Å². The number of hydrogen-bond acceptors (Lipinski definition) is 2. The summed E-state index contributed by atoms with van der Waals surface area (Å²) in [5, 5.41) is 3.97. The lowest BCUT2D eigenvalue weighted by Crippen LogP contribution is -2.27. The number of hydrogen-bond donors (Lipinski definition) is 1. The SMILES string of the molecule is COc1ccc(CNC(=O)n2ccc3ccccc32)cc1. The van der Waals surface area contributed by atoms with Gasteiger partial charge < -0.3 is 10.1 Å². The molecule has 1 heterocycles. The molecule has 1 N–H and O–H groups in total. The summed E-state index contributed by atoms with van der Waals surface area (Å²) < 4.78 is 6.73. The highest BCUT2D eigenvalue weighted by atomic mass is 16.5. The first kappa shape index (κ1) is 13.2. The van der Waals surface area contributed by atoms with Crippen LogP contribution >= 0.6 is 0 Å². The second-order valence-corrected chi connectivity index (χ2v) is 4.75. The van der Waals surface area contributed by atoms with E-state index in [0.717, 1.165) is 22.2 Å². The Morgan fingerprint density at radius 3 is 2.62 bits per heavy atom. The zero-order valence-electron chi connectivity index (χ0n) is 11.7. The van der Waals surface area contributed by atoms with E-state index in [4.69, 9.17) is 4.74 Å². The van der Waals surface area contributed by atoms with Crippen molar-refractivity contribution in [3.05, 3.63) is 66.4 Å². The summed E-state index contributed by atoms with van der Waals surface area (Å²) in [6.45, 7) is 0.481. The number of carbonyl (C=O) groups is 1. The van der Waals surface area contributed by atoms with Crippen molar-refractivity contribution in [2.24, 2.45) is 0 Å². The van der Waals surface area contributed by atoms with E-state index in [1.807, 2.05) is 54.6 Å². The number of aromatic nitrogens is 1. The standard InChI is InChI=1S/C17H16N2O2/c1-21-15-8-6-13(7-9-15)12-18-17(20)19-11-10-14-4-2-3-5-16(14)19/h2-11H,12H2,1H3,(H,18,20). The van der Waals surface area contributed by atoms with Gasteiger partial charge in [-0.25, -0.2) is 4.79 Å². The maximum atomic E-state index is 12.2. The van der Waals surface area contributed by atoms with Gasteiger partial charge in [0.25, 0.3) is 0 Å². The Bertz CT molecular complexity index is 760. The van der Waals surface area contributed by atoms with E-state index in [-0.39, 0.29) is 6.03 Å². The van der Waals surface area contributed by atoms with Gasteiger partial charge in [0.1, 0.15) is 5.75 Å². The maximum Gasteiger partial charge on any atom is 0.326 e. The molecule has 1 amide bonds. The van der Waals surface area contributed by atoms with E-state index in [1.54, 1.807) is 17.9 Å². The number of nitrogens with one attached hydrogen (secondary N) is 1. The average molecular weight is 280 g/mol.